The van der Waals surface area contributed by atoms with Crippen molar-refractivity contribution in [3.05, 3.63) is 81.8 Å². The Morgan fingerprint density at radius 3 is 2.58 bits per heavy atom. The second-order valence-electron chi connectivity index (χ2n) is 8.55. The summed E-state index contributed by atoms with van der Waals surface area (Å²) in [7, 11) is -1.99. The summed E-state index contributed by atoms with van der Waals surface area (Å²) in [5.74, 6) is -0.295. The summed E-state index contributed by atoms with van der Waals surface area (Å²) < 4.78 is 50.0. The van der Waals surface area contributed by atoms with Gasteiger partial charge in [-0.25, -0.2) is 17.5 Å². The van der Waals surface area contributed by atoms with Crippen LogP contribution in [0, 0.1) is 11.2 Å². The quantitative estimate of drug-likeness (QED) is 0.488. The second kappa shape index (κ2) is 8.47. The van der Waals surface area contributed by atoms with Gasteiger partial charge in [-0.3, -0.25) is 0 Å². The number of methoxy groups -OCH3 is 1. The minimum Gasteiger partial charge on any atom is -0.384 e. The van der Waals surface area contributed by atoms with Crippen LogP contribution < -0.4 is 0 Å². The fourth-order valence-corrected chi connectivity index (χ4v) is 6.64. The van der Waals surface area contributed by atoms with E-state index in [2.05, 4.69) is 27.1 Å². The van der Waals surface area contributed by atoms with Gasteiger partial charge in [-0.1, -0.05) is 21.5 Å². The van der Waals surface area contributed by atoms with Crippen molar-refractivity contribution >= 4 is 32.0 Å². The van der Waals surface area contributed by atoms with Crippen LogP contribution in [0.2, 0.25) is 0 Å². The Bertz CT molecular complexity index is 1320. The molecule has 9 heteroatoms. The topological polar surface area (TPSA) is 64.4 Å². The first-order valence-corrected chi connectivity index (χ1v) is 12.8. The smallest absolute Gasteiger partial charge is 0.243 e. The number of benzene rings is 2. The normalized spacial score (nSPS) is 20.8. The SMILES string of the molecule is COC[C@]12Cc3cnn(-c4ccc(F)cc4)c3C=C1CCN(S(=O)(=O)c1ccc(Br)cc1)C2. The molecule has 2 aromatic carbocycles. The molecule has 0 amide bonds. The molecule has 0 saturated carbocycles. The molecule has 2 aliphatic rings. The predicted octanol–water partition coefficient (Wildman–Crippen LogP) is 4.44. The van der Waals surface area contributed by atoms with Crippen molar-refractivity contribution in [1.29, 1.82) is 0 Å². The molecule has 0 bridgehead atoms. The van der Waals surface area contributed by atoms with E-state index in [1.165, 1.54) is 12.1 Å². The summed E-state index contributed by atoms with van der Waals surface area (Å²) in [5, 5.41) is 4.54. The second-order valence-corrected chi connectivity index (χ2v) is 11.4. The average Bonchev–Trinajstić information content (AvgIpc) is 3.20. The van der Waals surface area contributed by atoms with Gasteiger partial charge in [0.2, 0.25) is 10.0 Å². The van der Waals surface area contributed by atoms with Crippen LogP contribution in [0.15, 0.2) is 69.7 Å². The van der Waals surface area contributed by atoms with Gasteiger partial charge >= 0.3 is 0 Å². The van der Waals surface area contributed by atoms with E-state index < -0.39 is 15.4 Å². The lowest BCUT2D eigenvalue weighted by Crippen LogP contribution is -2.51. The summed E-state index contributed by atoms with van der Waals surface area (Å²) in [5.41, 5.74) is 3.45. The zero-order chi connectivity index (χ0) is 23.2. The minimum absolute atomic E-state index is 0.284. The zero-order valence-electron chi connectivity index (χ0n) is 18.0. The number of halogens is 2. The standard InChI is InChI=1S/C24H23BrFN3O3S/c1-32-16-24-13-17-14-27-29(21-6-4-20(26)5-7-21)23(17)12-18(24)10-11-28(15-24)33(30,31)22-8-2-19(25)3-9-22/h2-9,12,14H,10-11,13,15-16H2,1H3/t24-/m1/s1. The van der Waals surface area contributed by atoms with Crippen molar-refractivity contribution in [2.75, 3.05) is 26.8 Å². The lowest BCUT2D eigenvalue weighted by Gasteiger charge is -2.45. The van der Waals surface area contributed by atoms with Gasteiger partial charge < -0.3 is 4.74 Å². The first-order chi connectivity index (χ1) is 15.8. The number of piperidine rings is 1. The lowest BCUT2D eigenvalue weighted by atomic mass is 9.69. The number of ether oxygens (including phenoxy) is 1. The number of nitrogens with zero attached hydrogens (tertiary/aromatic N) is 3. The van der Waals surface area contributed by atoms with Gasteiger partial charge in [-0.2, -0.15) is 9.40 Å². The highest BCUT2D eigenvalue weighted by molar-refractivity contribution is 9.10. The number of fused-ring (bicyclic) bond motifs is 2. The summed E-state index contributed by atoms with van der Waals surface area (Å²) in [6.45, 7) is 1.15. The Balaban J connectivity index is 1.50. The van der Waals surface area contributed by atoms with E-state index in [0.29, 0.717) is 32.5 Å². The molecule has 0 unspecified atom stereocenters. The third kappa shape index (κ3) is 3.97. The fourth-order valence-electron chi connectivity index (χ4n) is 4.85. The molecule has 1 saturated heterocycles. The lowest BCUT2D eigenvalue weighted by molar-refractivity contribution is 0.0733. The number of rotatable bonds is 5. The molecule has 6 nitrogen and oxygen atoms in total. The summed E-state index contributed by atoms with van der Waals surface area (Å²) in [6.07, 6.45) is 5.14. The van der Waals surface area contributed by atoms with Crippen LogP contribution in [-0.2, 0) is 21.2 Å². The molecule has 2 heterocycles. The van der Waals surface area contributed by atoms with Crippen molar-refractivity contribution < 1.29 is 17.5 Å². The third-order valence-electron chi connectivity index (χ3n) is 6.46. The number of sulfonamides is 1. The Labute approximate surface area is 200 Å². The highest BCUT2D eigenvalue weighted by Gasteiger charge is 2.46. The van der Waals surface area contributed by atoms with Crippen molar-refractivity contribution in [2.24, 2.45) is 5.41 Å². The molecule has 3 aromatic rings. The maximum atomic E-state index is 13.4. The van der Waals surface area contributed by atoms with Crippen molar-refractivity contribution in [1.82, 2.24) is 14.1 Å². The Morgan fingerprint density at radius 2 is 1.88 bits per heavy atom. The number of hydrogen-bond donors (Lipinski definition) is 0. The van der Waals surface area contributed by atoms with E-state index in [1.54, 1.807) is 47.8 Å². The zero-order valence-corrected chi connectivity index (χ0v) is 20.4. The largest absolute Gasteiger partial charge is 0.384 e. The van der Waals surface area contributed by atoms with Crippen LogP contribution in [-0.4, -0.2) is 49.3 Å². The van der Waals surface area contributed by atoms with Crippen molar-refractivity contribution in [3.8, 4) is 5.69 Å². The van der Waals surface area contributed by atoms with E-state index in [1.807, 2.05) is 10.9 Å². The highest BCUT2D eigenvalue weighted by atomic mass is 79.9. The van der Waals surface area contributed by atoms with E-state index in [9.17, 15) is 12.8 Å². The van der Waals surface area contributed by atoms with E-state index >= 15 is 0 Å². The Morgan fingerprint density at radius 1 is 1.15 bits per heavy atom. The van der Waals surface area contributed by atoms with Gasteiger partial charge in [0.05, 0.1) is 29.1 Å². The van der Waals surface area contributed by atoms with Gasteiger partial charge in [-0.15, -0.1) is 0 Å². The highest BCUT2D eigenvalue weighted by Crippen LogP contribution is 2.45. The molecule has 1 aromatic heterocycles. The van der Waals surface area contributed by atoms with E-state index in [0.717, 1.165) is 27.0 Å². The third-order valence-corrected chi connectivity index (χ3v) is 8.85. The molecule has 1 atom stereocenters. The van der Waals surface area contributed by atoms with Gasteiger partial charge in [0, 0.05) is 30.1 Å². The first kappa shape index (κ1) is 22.5. The average molecular weight is 532 g/mol. The Kier molecular flexibility index (Phi) is 5.76. The molecular weight excluding hydrogens is 509 g/mol. The van der Waals surface area contributed by atoms with Gasteiger partial charge in [-0.05, 0) is 73.0 Å². The monoisotopic (exact) mass is 531 g/mol. The van der Waals surface area contributed by atoms with E-state index in [4.69, 9.17) is 4.74 Å². The number of hydrogen-bond acceptors (Lipinski definition) is 4. The molecular formula is C24H23BrFN3O3S. The molecule has 0 radical (unpaired) electrons. The van der Waals surface area contributed by atoms with Gasteiger partial charge in [0.25, 0.3) is 0 Å². The molecule has 33 heavy (non-hydrogen) atoms. The first-order valence-electron chi connectivity index (χ1n) is 10.6. The summed E-state index contributed by atoms with van der Waals surface area (Å²) in [4.78, 5) is 0.284. The summed E-state index contributed by atoms with van der Waals surface area (Å²) >= 11 is 3.36. The molecule has 0 spiro atoms. The fraction of sp³-hybridized carbons (Fsp3) is 0.292. The van der Waals surface area contributed by atoms with Crippen LogP contribution in [0.3, 0.4) is 0 Å². The molecule has 1 fully saturated rings. The van der Waals surface area contributed by atoms with Crippen LogP contribution in [0.25, 0.3) is 11.8 Å². The van der Waals surface area contributed by atoms with Crippen LogP contribution in [0.4, 0.5) is 4.39 Å². The summed E-state index contributed by atoms with van der Waals surface area (Å²) in [6, 6.07) is 13.0. The maximum absolute atomic E-state index is 13.4. The van der Waals surface area contributed by atoms with E-state index in [-0.39, 0.29) is 10.7 Å². The van der Waals surface area contributed by atoms with Crippen molar-refractivity contribution in [3.63, 3.8) is 0 Å². The van der Waals surface area contributed by atoms with Crippen molar-refractivity contribution in [2.45, 2.75) is 17.7 Å². The van der Waals surface area contributed by atoms with Gasteiger partial charge in [0.15, 0.2) is 0 Å². The van der Waals surface area contributed by atoms with Crippen LogP contribution >= 0.6 is 15.9 Å². The minimum atomic E-state index is -3.63. The number of aromatic nitrogens is 2. The maximum Gasteiger partial charge on any atom is 0.243 e. The molecule has 1 aliphatic carbocycles. The van der Waals surface area contributed by atoms with Gasteiger partial charge in [0.1, 0.15) is 5.82 Å². The Hall–Kier alpha value is -2.33. The molecule has 1 aliphatic heterocycles. The molecule has 0 N–H and O–H groups in total. The van der Waals surface area contributed by atoms with Crippen LogP contribution in [0.5, 0.6) is 0 Å². The molecule has 5 rings (SSSR count). The predicted molar refractivity (Wildman–Crippen MR) is 127 cm³/mol. The van der Waals surface area contributed by atoms with Crippen LogP contribution in [0.1, 0.15) is 17.7 Å². The molecule has 172 valence electrons.